The van der Waals surface area contributed by atoms with Crippen molar-refractivity contribution < 1.29 is 0 Å². The lowest BCUT2D eigenvalue weighted by molar-refractivity contribution is 0.149. The third-order valence-corrected chi connectivity index (χ3v) is 5.07. The Hall–Kier alpha value is -0.340. The van der Waals surface area contributed by atoms with Gasteiger partial charge in [0.15, 0.2) is 0 Å². The molecule has 0 bridgehead atoms. The van der Waals surface area contributed by atoms with E-state index in [0.717, 1.165) is 10.9 Å². The van der Waals surface area contributed by atoms with Gasteiger partial charge in [-0.05, 0) is 49.4 Å². The summed E-state index contributed by atoms with van der Waals surface area (Å²) >= 11 is 3.50. The molecule has 1 aromatic rings. The highest BCUT2D eigenvalue weighted by molar-refractivity contribution is 9.10. The maximum Gasteiger partial charge on any atom is 0.0175 e. The van der Waals surface area contributed by atoms with Gasteiger partial charge < -0.3 is 5.32 Å². The van der Waals surface area contributed by atoms with Gasteiger partial charge in [0.2, 0.25) is 0 Å². The van der Waals surface area contributed by atoms with E-state index < -0.39 is 0 Å². The Morgan fingerprint density at radius 3 is 2.33 bits per heavy atom. The van der Waals surface area contributed by atoms with Crippen molar-refractivity contribution in [3.63, 3.8) is 0 Å². The fraction of sp³-hybridized carbons (Fsp3) is 0.625. The van der Waals surface area contributed by atoms with Gasteiger partial charge in [-0.1, -0.05) is 54.2 Å². The van der Waals surface area contributed by atoms with Crippen LogP contribution in [0.5, 0.6) is 0 Å². The number of likely N-dealkylation sites (N-methyl/N-ethyl adjacent to an activating group) is 1. The highest BCUT2D eigenvalue weighted by Gasteiger charge is 2.34. The average Bonchev–Trinajstić information content (AvgIpc) is 2.38. The molecule has 1 nitrogen and oxygen atoms in total. The van der Waals surface area contributed by atoms with Gasteiger partial charge in [0.25, 0.3) is 0 Å². The summed E-state index contributed by atoms with van der Waals surface area (Å²) in [6, 6.07) is 9.36. The van der Waals surface area contributed by atoms with Gasteiger partial charge in [0.05, 0.1) is 0 Å². The minimum Gasteiger partial charge on any atom is -0.316 e. The van der Waals surface area contributed by atoms with Gasteiger partial charge in [-0.15, -0.1) is 0 Å². The molecule has 100 valence electrons. The first kappa shape index (κ1) is 14.1. The van der Waals surface area contributed by atoms with Gasteiger partial charge in [-0.25, -0.2) is 0 Å². The third-order valence-electron chi connectivity index (χ3n) is 4.54. The maximum atomic E-state index is 3.56. The van der Waals surface area contributed by atoms with Crippen LogP contribution in [0, 0.1) is 5.41 Å². The molecule has 18 heavy (non-hydrogen) atoms. The number of nitrogens with one attached hydrogen (secondary N) is 1. The van der Waals surface area contributed by atoms with E-state index in [0.29, 0.717) is 11.5 Å². The van der Waals surface area contributed by atoms with Gasteiger partial charge in [0, 0.05) is 10.5 Å². The van der Waals surface area contributed by atoms with Crippen LogP contribution in [-0.2, 0) is 6.42 Å². The Balaban J connectivity index is 2.06. The SMILES string of the molecule is CNC(Cc1ccc(Br)cc1)C1(C)CCCCC1. The minimum atomic E-state index is 0.472. The van der Waals surface area contributed by atoms with E-state index in [2.05, 4.69) is 59.5 Å². The Morgan fingerprint density at radius 1 is 1.17 bits per heavy atom. The summed E-state index contributed by atoms with van der Waals surface area (Å²) in [4.78, 5) is 0. The molecule has 1 saturated carbocycles. The van der Waals surface area contributed by atoms with Gasteiger partial charge in [-0.3, -0.25) is 0 Å². The Morgan fingerprint density at radius 2 is 1.78 bits per heavy atom. The quantitative estimate of drug-likeness (QED) is 0.860. The summed E-state index contributed by atoms with van der Waals surface area (Å²) in [5, 5.41) is 3.56. The molecule has 1 aliphatic rings. The molecule has 0 saturated heterocycles. The Labute approximate surface area is 119 Å². The van der Waals surface area contributed by atoms with Crippen LogP contribution in [0.4, 0.5) is 0 Å². The number of hydrogen-bond acceptors (Lipinski definition) is 1. The molecule has 1 fully saturated rings. The predicted molar refractivity (Wildman–Crippen MR) is 81.9 cm³/mol. The van der Waals surface area contributed by atoms with E-state index in [1.165, 1.54) is 37.7 Å². The van der Waals surface area contributed by atoms with Crippen LogP contribution >= 0.6 is 15.9 Å². The molecule has 1 unspecified atom stereocenters. The first-order valence-corrected chi connectivity index (χ1v) is 7.85. The van der Waals surface area contributed by atoms with Crippen LogP contribution < -0.4 is 5.32 Å². The van der Waals surface area contributed by atoms with Crippen molar-refractivity contribution in [3.8, 4) is 0 Å². The molecular formula is C16H24BrN. The molecule has 1 atom stereocenters. The minimum absolute atomic E-state index is 0.472. The van der Waals surface area contributed by atoms with Crippen LogP contribution in [0.1, 0.15) is 44.6 Å². The first-order valence-electron chi connectivity index (χ1n) is 7.06. The normalized spacial score (nSPS) is 20.6. The fourth-order valence-corrected chi connectivity index (χ4v) is 3.53. The van der Waals surface area contributed by atoms with Crippen molar-refractivity contribution in [1.82, 2.24) is 5.32 Å². The van der Waals surface area contributed by atoms with E-state index in [9.17, 15) is 0 Å². The first-order chi connectivity index (χ1) is 8.64. The standard InChI is InChI=1S/C16H24BrN/c1-16(10-4-3-5-11-16)15(18-2)12-13-6-8-14(17)9-7-13/h6-9,15,18H,3-5,10-12H2,1-2H3. The fourth-order valence-electron chi connectivity index (χ4n) is 3.26. The molecule has 1 N–H and O–H groups in total. The summed E-state index contributed by atoms with van der Waals surface area (Å²) in [6.07, 6.45) is 8.10. The molecular weight excluding hydrogens is 286 g/mol. The van der Waals surface area contributed by atoms with E-state index >= 15 is 0 Å². The molecule has 1 aliphatic carbocycles. The third kappa shape index (κ3) is 3.36. The monoisotopic (exact) mass is 309 g/mol. The Kier molecular flexibility index (Phi) is 4.85. The van der Waals surface area contributed by atoms with Gasteiger partial charge >= 0.3 is 0 Å². The lowest BCUT2D eigenvalue weighted by Gasteiger charge is -2.41. The van der Waals surface area contributed by atoms with Crippen molar-refractivity contribution in [2.45, 2.75) is 51.5 Å². The summed E-state index contributed by atoms with van der Waals surface area (Å²) in [5.74, 6) is 0. The summed E-state index contributed by atoms with van der Waals surface area (Å²) < 4.78 is 1.16. The highest BCUT2D eigenvalue weighted by Crippen LogP contribution is 2.39. The summed E-state index contributed by atoms with van der Waals surface area (Å²) in [5.41, 5.74) is 1.91. The van der Waals surface area contributed by atoms with Crippen LogP contribution in [0.15, 0.2) is 28.7 Å². The molecule has 2 rings (SSSR count). The molecule has 0 aliphatic heterocycles. The van der Waals surface area contributed by atoms with E-state index in [1.807, 2.05) is 0 Å². The van der Waals surface area contributed by atoms with Crippen molar-refractivity contribution >= 4 is 15.9 Å². The topological polar surface area (TPSA) is 12.0 Å². The molecule has 0 radical (unpaired) electrons. The van der Waals surface area contributed by atoms with Crippen molar-refractivity contribution in [3.05, 3.63) is 34.3 Å². The second kappa shape index (κ2) is 6.21. The zero-order chi connectivity index (χ0) is 13.0. The number of benzene rings is 1. The average molecular weight is 310 g/mol. The van der Waals surface area contributed by atoms with Gasteiger partial charge in [0.1, 0.15) is 0 Å². The zero-order valence-corrected chi connectivity index (χ0v) is 13.1. The smallest absolute Gasteiger partial charge is 0.0175 e. The van der Waals surface area contributed by atoms with E-state index in [4.69, 9.17) is 0 Å². The molecule has 0 heterocycles. The van der Waals surface area contributed by atoms with E-state index in [1.54, 1.807) is 0 Å². The van der Waals surface area contributed by atoms with Crippen LogP contribution in [-0.4, -0.2) is 13.1 Å². The Bertz CT molecular complexity index is 365. The number of halogens is 1. The number of hydrogen-bond donors (Lipinski definition) is 1. The lowest BCUT2D eigenvalue weighted by Crippen LogP contribution is -2.44. The largest absolute Gasteiger partial charge is 0.316 e. The molecule has 0 aromatic heterocycles. The molecule has 1 aromatic carbocycles. The summed E-state index contributed by atoms with van der Waals surface area (Å²) in [7, 11) is 2.11. The van der Waals surface area contributed by atoms with Crippen molar-refractivity contribution in [2.24, 2.45) is 5.41 Å². The second-order valence-corrected chi connectivity index (χ2v) is 6.80. The molecule has 0 amide bonds. The van der Waals surface area contributed by atoms with Crippen LogP contribution in [0.2, 0.25) is 0 Å². The second-order valence-electron chi connectivity index (χ2n) is 5.89. The zero-order valence-electron chi connectivity index (χ0n) is 11.5. The van der Waals surface area contributed by atoms with Crippen LogP contribution in [0.25, 0.3) is 0 Å². The van der Waals surface area contributed by atoms with Gasteiger partial charge in [-0.2, -0.15) is 0 Å². The summed E-state index contributed by atoms with van der Waals surface area (Å²) in [6.45, 7) is 2.46. The number of rotatable bonds is 4. The van der Waals surface area contributed by atoms with Crippen LogP contribution in [0.3, 0.4) is 0 Å². The predicted octanol–water partition coefficient (Wildman–Crippen LogP) is 4.55. The van der Waals surface area contributed by atoms with Crippen molar-refractivity contribution in [1.29, 1.82) is 0 Å². The lowest BCUT2D eigenvalue weighted by atomic mass is 9.69. The molecule has 0 spiro atoms. The highest BCUT2D eigenvalue weighted by atomic mass is 79.9. The van der Waals surface area contributed by atoms with E-state index in [-0.39, 0.29) is 0 Å². The molecule has 2 heteroatoms. The van der Waals surface area contributed by atoms with Crippen molar-refractivity contribution in [2.75, 3.05) is 7.05 Å². The maximum absolute atomic E-state index is 3.56.